The average molecular weight is 388 g/mol. The average Bonchev–Trinajstić information content (AvgIpc) is 2.69. The Morgan fingerprint density at radius 2 is 1.74 bits per heavy atom. The van der Waals surface area contributed by atoms with Crippen molar-refractivity contribution in [3.05, 3.63) is 59.2 Å². The molecular formula is C20H25N3O3S. The number of hydrogen-bond acceptors (Lipinski definition) is 5. The number of nitrogens with zero attached hydrogens (tertiary/aromatic N) is 2. The number of rotatable bonds is 5. The van der Waals surface area contributed by atoms with Crippen molar-refractivity contribution in [2.75, 3.05) is 31.2 Å². The second kappa shape index (κ2) is 8.10. The lowest BCUT2D eigenvalue weighted by Crippen LogP contribution is -2.36. The Balaban J connectivity index is 1.74. The van der Waals surface area contributed by atoms with E-state index in [-0.39, 0.29) is 4.90 Å². The van der Waals surface area contributed by atoms with Crippen molar-refractivity contribution < 1.29 is 13.2 Å². The molecule has 27 heavy (non-hydrogen) atoms. The van der Waals surface area contributed by atoms with Gasteiger partial charge < -0.3 is 9.64 Å². The highest BCUT2D eigenvalue weighted by molar-refractivity contribution is 7.89. The fraction of sp³-hybridized carbons (Fsp3) is 0.350. The van der Waals surface area contributed by atoms with Crippen LogP contribution in [0.1, 0.15) is 23.6 Å². The molecule has 0 aliphatic carbocycles. The van der Waals surface area contributed by atoms with Crippen LogP contribution in [0.3, 0.4) is 0 Å². The Morgan fingerprint density at radius 1 is 1.07 bits per heavy atom. The molecule has 1 fully saturated rings. The Bertz CT molecular complexity index is 931. The highest BCUT2D eigenvalue weighted by Crippen LogP contribution is 2.18. The van der Waals surface area contributed by atoms with Crippen LogP contribution in [-0.2, 0) is 14.8 Å². The van der Waals surface area contributed by atoms with Gasteiger partial charge in [-0.25, -0.2) is 0 Å². The second-order valence-electron chi connectivity index (χ2n) is 6.71. The summed E-state index contributed by atoms with van der Waals surface area (Å²) in [6.45, 7) is 8.65. The number of sulfonamides is 1. The summed E-state index contributed by atoms with van der Waals surface area (Å²) in [5.41, 5.74) is 4.19. The van der Waals surface area contributed by atoms with E-state index in [4.69, 9.17) is 4.74 Å². The third-order valence-electron chi connectivity index (χ3n) is 4.63. The normalized spacial score (nSPS) is 15.7. The predicted octanol–water partition coefficient (Wildman–Crippen LogP) is 2.84. The molecule has 6 nitrogen and oxygen atoms in total. The van der Waals surface area contributed by atoms with Crippen molar-refractivity contribution in [1.29, 1.82) is 0 Å². The van der Waals surface area contributed by atoms with Gasteiger partial charge in [-0.05, 0) is 55.7 Å². The number of aryl methyl sites for hydroxylation is 2. The zero-order valence-corrected chi connectivity index (χ0v) is 16.7. The van der Waals surface area contributed by atoms with E-state index in [0.717, 1.165) is 43.1 Å². The molecule has 144 valence electrons. The molecule has 1 N–H and O–H groups in total. The van der Waals surface area contributed by atoms with Crippen molar-refractivity contribution in [2.45, 2.75) is 25.7 Å². The molecule has 1 aliphatic rings. The molecule has 0 saturated carbocycles. The first-order chi connectivity index (χ1) is 12.9. The number of hydrogen-bond donors (Lipinski definition) is 1. The van der Waals surface area contributed by atoms with Crippen LogP contribution in [0.2, 0.25) is 0 Å². The Morgan fingerprint density at radius 3 is 2.41 bits per heavy atom. The van der Waals surface area contributed by atoms with Crippen LogP contribution in [0, 0.1) is 13.8 Å². The van der Waals surface area contributed by atoms with Gasteiger partial charge in [0.15, 0.2) is 0 Å². The number of benzene rings is 2. The summed E-state index contributed by atoms with van der Waals surface area (Å²) < 4.78 is 30.5. The van der Waals surface area contributed by atoms with Crippen LogP contribution in [0.5, 0.6) is 0 Å². The topological polar surface area (TPSA) is 71.0 Å². The first kappa shape index (κ1) is 19.4. The van der Waals surface area contributed by atoms with E-state index in [1.807, 2.05) is 37.3 Å². The van der Waals surface area contributed by atoms with Gasteiger partial charge in [0.2, 0.25) is 0 Å². The third-order valence-corrected chi connectivity index (χ3v) is 5.98. The van der Waals surface area contributed by atoms with E-state index in [0.29, 0.717) is 11.3 Å². The Labute approximate surface area is 160 Å². The molecule has 2 aromatic carbocycles. The molecule has 0 radical (unpaired) electrons. The fourth-order valence-corrected chi connectivity index (χ4v) is 4.16. The van der Waals surface area contributed by atoms with Crippen molar-refractivity contribution in [3.63, 3.8) is 0 Å². The monoisotopic (exact) mass is 387 g/mol. The van der Waals surface area contributed by atoms with Gasteiger partial charge in [-0.15, -0.1) is 0 Å². The van der Waals surface area contributed by atoms with Gasteiger partial charge in [0.25, 0.3) is 10.0 Å². The molecular weight excluding hydrogens is 362 g/mol. The molecule has 2 aromatic rings. The van der Waals surface area contributed by atoms with Crippen LogP contribution in [0.4, 0.5) is 5.69 Å². The summed E-state index contributed by atoms with van der Waals surface area (Å²) in [6, 6.07) is 13.3. The van der Waals surface area contributed by atoms with Crippen molar-refractivity contribution in [3.8, 4) is 0 Å². The van der Waals surface area contributed by atoms with Gasteiger partial charge in [0.05, 0.1) is 23.8 Å². The molecule has 3 rings (SSSR count). The van der Waals surface area contributed by atoms with Gasteiger partial charge in [-0.2, -0.15) is 18.4 Å². The van der Waals surface area contributed by atoms with Crippen molar-refractivity contribution in [2.24, 2.45) is 5.10 Å². The van der Waals surface area contributed by atoms with E-state index in [1.54, 1.807) is 26.0 Å². The first-order valence-electron chi connectivity index (χ1n) is 8.93. The van der Waals surface area contributed by atoms with Gasteiger partial charge in [-0.1, -0.05) is 24.3 Å². The van der Waals surface area contributed by atoms with Crippen LogP contribution in [0.25, 0.3) is 0 Å². The van der Waals surface area contributed by atoms with Crippen LogP contribution in [0.15, 0.2) is 52.5 Å². The number of anilines is 1. The number of hydrazone groups is 1. The number of morpholine rings is 1. The Kier molecular flexibility index (Phi) is 5.82. The molecule has 1 aliphatic heterocycles. The molecule has 0 aromatic heterocycles. The van der Waals surface area contributed by atoms with E-state index < -0.39 is 10.0 Å². The molecule has 0 amide bonds. The van der Waals surface area contributed by atoms with Gasteiger partial charge in [-0.3, -0.25) is 0 Å². The molecule has 0 atom stereocenters. The summed E-state index contributed by atoms with van der Waals surface area (Å²) in [6.07, 6.45) is 0. The lowest BCUT2D eigenvalue weighted by atomic mass is 10.1. The zero-order chi connectivity index (χ0) is 19.4. The minimum Gasteiger partial charge on any atom is -0.378 e. The van der Waals surface area contributed by atoms with E-state index >= 15 is 0 Å². The summed E-state index contributed by atoms with van der Waals surface area (Å²) in [5, 5.41) is 4.10. The minimum absolute atomic E-state index is 0.252. The zero-order valence-electron chi connectivity index (χ0n) is 15.9. The molecule has 0 unspecified atom stereocenters. The highest BCUT2D eigenvalue weighted by Gasteiger charge is 2.16. The summed E-state index contributed by atoms with van der Waals surface area (Å²) >= 11 is 0. The SMILES string of the molecule is C/C(=N\NS(=O)(=O)c1cc(C)ccc1C)c1ccc(N2CCOCC2)cc1. The quantitative estimate of drug-likeness (QED) is 0.633. The predicted molar refractivity (Wildman–Crippen MR) is 108 cm³/mol. The van der Waals surface area contributed by atoms with Gasteiger partial charge in [0, 0.05) is 18.8 Å². The highest BCUT2D eigenvalue weighted by atomic mass is 32.2. The van der Waals surface area contributed by atoms with Crippen LogP contribution in [-0.4, -0.2) is 40.4 Å². The largest absolute Gasteiger partial charge is 0.378 e. The summed E-state index contributed by atoms with van der Waals surface area (Å²) in [5.74, 6) is 0. The summed E-state index contributed by atoms with van der Waals surface area (Å²) in [4.78, 5) is 4.87. The Hall–Kier alpha value is -2.38. The van der Waals surface area contributed by atoms with Gasteiger partial charge >= 0.3 is 0 Å². The lowest BCUT2D eigenvalue weighted by Gasteiger charge is -2.28. The third kappa shape index (κ3) is 4.67. The molecule has 1 saturated heterocycles. The maximum Gasteiger partial charge on any atom is 0.276 e. The maximum atomic E-state index is 12.6. The second-order valence-corrected chi connectivity index (χ2v) is 8.34. The standard InChI is InChI=1S/C20H25N3O3S/c1-15-4-5-16(2)20(14-15)27(24,25)22-21-17(3)18-6-8-19(9-7-18)23-10-12-26-13-11-23/h4-9,14,22H,10-13H2,1-3H3/b21-17+. The number of ether oxygens (including phenoxy) is 1. The molecule has 0 spiro atoms. The van der Waals surface area contributed by atoms with Crippen molar-refractivity contribution >= 4 is 21.4 Å². The summed E-state index contributed by atoms with van der Waals surface area (Å²) in [7, 11) is -3.70. The molecule has 1 heterocycles. The van der Waals surface area contributed by atoms with Crippen LogP contribution >= 0.6 is 0 Å². The number of nitrogens with one attached hydrogen (secondary N) is 1. The smallest absolute Gasteiger partial charge is 0.276 e. The van der Waals surface area contributed by atoms with Crippen molar-refractivity contribution in [1.82, 2.24) is 4.83 Å². The van der Waals surface area contributed by atoms with Gasteiger partial charge in [0.1, 0.15) is 0 Å². The molecule has 0 bridgehead atoms. The fourth-order valence-electron chi connectivity index (χ4n) is 2.97. The maximum absolute atomic E-state index is 12.6. The minimum atomic E-state index is -3.70. The lowest BCUT2D eigenvalue weighted by molar-refractivity contribution is 0.122. The first-order valence-corrected chi connectivity index (χ1v) is 10.4. The van der Waals surface area contributed by atoms with Crippen LogP contribution < -0.4 is 9.73 Å². The van der Waals surface area contributed by atoms with E-state index in [9.17, 15) is 8.42 Å². The van der Waals surface area contributed by atoms with E-state index in [1.165, 1.54) is 0 Å². The molecule has 7 heteroatoms. The van der Waals surface area contributed by atoms with E-state index in [2.05, 4.69) is 14.8 Å².